The number of aromatic nitrogens is 2. The number of ether oxygens (including phenoxy) is 1. The van der Waals surface area contributed by atoms with Crippen molar-refractivity contribution < 1.29 is 18.8 Å². The summed E-state index contributed by atoms with van der Waals surface area (Å²) in [7, 11) is 0. The van der Waals surface area contributed by atoms with Crippen LogP contribution in [0.15, 0.2) is 28.8 Å². The molecule has 3 heterocycles. The molecule has 9 nitrogen and oxygen atoms in total. The minimum absolute atomic E-state index is 0.0335. The van der Waals surface area contributed by atoms with Crippen LogP contribution in [0.1, 0.15) is 31.2 Å². The molecule has 0 atom stereocenters. The van der Waals surface area contributed by atoms with E-state index >= 15 is 0 Å². The fraction of sp³-hybridized carbons (Fsp3) is 0.565. The molecule has 0 saturated carbocycles. The minimum Gasteiger partial charge on any atom is -0.450 e. The normalized spacial score (nSPS) is 18.1. The number of carbonyl (C=O) groups is 2. The van der Waals surface area contributed by atoms with Crippen LogP contribution in [0.2, 0.25) is 0 Å². The highest BCUT2D eigenvalue weighted by Gasteiger charge is 2.32. The fourth-order valence-corrected chi connectivity index (χ4v) is 4.25. The van der Waals surface area contributed by atoms with Crippen LogP contribution in [0.3, 0.4) is 0 Å². The Balaban J connectivity index is 1.23. The van der Waals surface area contributed by atoms with Gasteiger partial charge >= 0.3 is 6.09 Å². The first-order valence-electron chi connectivity index (χ1n) is 11.4. The molecular weight excluding hydrogens is 410 g/mol. The first kappa shape index (κ1) is 22.3. The zero-order chi connectivity index (χ0) is 22.5. The fourth-order valence-electron chi connectivity index (χ4n) is 4.25. The van der Waals surface area contributed by atoms with E-state index in [9.17, 15) is 9.59 Å². The van der Waals surface area contributed by atoms with Gasteiger partial charge in [-0.1, -0.05) is 35.0 Å². The number of likely N-dealkylation sites (tertiary alicyclic amines) is 1. The third kappa shape index (κ3) is 5.27. The number of benzene rings is 1. The summed E-state index contributed by atoms with van der Waals surface area (Å²) in [5.74, 6) is 1.44. The lowest BCUT2D eigenvalue weighted by molar-refractivity contribution is -0.138. The number of carbonyl (C=O) groups excluding carboxylic acids is 2. The van der Waals surface area contributed by atoms with Crippen molar-refractivity contribution in [3.8, 4) is 11.4 Å². The second-order valence-corrected chi connectivity index (χ2v) is 8.44. The van der Waals surface area contributed by atoms with E-state index in [4.69, 9.17) is 9.26 Å². The Labute approximate surface area is 188 Å². The van der Waals surface area contributed by atoms with Gasteiger partial charge in [-0.25, -0.2) is 4.79 Å². The van der Waals surface area contributed by atoms with Gasteiger partial charge in [0.1, 0.15) is 0 Å². The monoisotopic (exact) mass is 441 g/mol. The molecule has 2 fully saturated rings. The lowest BCUT2D eigenvalue weighted by Crippen LogP contribution is -2.53. The molecule has 172 valence electrons. The summed E-state index contributed by atoms with van der Waals surface area (Å²) in [5, 5.41) is 4.11. The molecule has 4 rings (SSSR count). The summed E-state index contributed by atoms with van der Waals surface area (Å²) in [4.78, 5) is 35.1. The second kappa shape index (κ2) is 10.1. The van der Waals surface area contributed by atoms with Crippen LogP contribution in [0.25, 0.3) is 11.4 Å². The zero-order valence-corrected chi connectivity index (χ0v) is 18.8. The Hall–Kier alpha value is -2.94. The van der Waals surface area contributed by atoms with E-state index < -0.39 is 0 Å². The maximum atomic E-state index is 12.9. The van der Waals surface area contributed by atoms with Crippen LogP contribution in [0.4, 0.5) is 4.79 Å². The molecule has 0 unspecified atom stereocenters. The van der Waals surface area contributed by atoms with Crippen LogP contribution < -0.4 is 0 Å². The standard InChI is InChI=1S/C23H31N5O4/c1-3-31-23(30)28-14-12-27(13-15-28)22(29)19-8-10-26(11-9-19)16-20-24-21(25-32-20)18-6-4-17(2)5-7-18/h4-7,19H,3,8-16H2,1-2H3. The van der Waals surface area contributed by atoms with E-state index in [-0.39, 0.29) is 17.9 Å². The zero-order valence-electron chi connectivity index (χ0n) is 18.8. The summed E-state index contributed by atoms with van der Waals surface area (Å²) in [5.41, 5.74) is 2.13. The Morgan fingerprint density at radius 1 is 1.03 bits per heavy atom. The Morgan fingerprint density at radius 2 is 1.69 bits per heavy atom. The van der Waals surface area contributed by atoms with Gasteiger partial charge in [0.25, 0.3) is 0 Å². The van der Waals surface area contributed by atoms with Gasteiger partial charge in [0, 0.05) is 37.7 Å². The molecule has 2 aromatic rings. The predicted molar refractivity (Wildman–Crippen MR) is 118 cm³/mol. The van der Waals surface area contributed by atoms with Crippen molar-refractivity contribution in [1.29, 1.82) is 0 Å². The summed E-state index contributed by atoms with van der Waals surface area (Å²) in [6.07, 6.45) is 1.34. The molecular formula is C23H31N5O4. The molecule has 0 aliphatic carbocycles. The molecule has 1 aromatic carbocycles. The van der Waals surface area contributed by atoms with E-state index in [1.807, 2.05) is 36.1 Å². The predicted octanol–water partition coefficient (Wildman–Crippen LogP) is 2.56. The molecule has 0 N–H and O–H groups in total. The quantitative estimate of drug-likeness (QED) is 0.704. The first-order chi connectivity index (χ1) is 15.5. The SMILES string of the molecule is CCOC(=O)N1CCN(C(=O)C2CCN(Cc3nc(-c4ccc(C)cc4)no3)CC2)CC1. The molecule has 2 saturated heterocycles. The first-order valence-corrected chi connectivity index (χ1v) is 11.4. The Kier molecular flexibility index (Phi) is 7.04. The van der Waals surface area contributed by atoms with Crippen LogP contribution in [0.5, 0.6) is 0 Å². The second-order valence-electron chi connectivity index (χ2n) is 8.44. The highest BCUT2D eigenvalue weighted by Crippen LogP contribution is 2.23. The average molecular weight is 442 g/mol. The number of amides is 2. The number of hydrogen-bond acceptors (Lipinski definition) is 7. The number of piperidine rings is 1. The highest BCUT2D eigenvalue weighted by molar-refractivity contribution is 5.79. The van der Waals surface area contributed by atoms with Crippen molar-refractivity contribution in [2.75, 3.05) is 45.9 Å². The van der Waals surface area contributed by atoms with Crippen molar-refractivity contribution in [2.24, 2.45) is 5.92 Å². The Morgan fingerprint density at radius 3 is 2.34 bits per heavy atom. The van der Waals surface area contributed by atoms with Crippen molar-refractivity contribution in [3.63, 3.8) is 0 Å². The number of piperazine rings is 1. The van der Waals surface area contributed by atoms with Crippen molar-refractivity contribution in [3.05, 3.63) is 35.7 Å². The van der Waals surface area contributed by atoms with E-state index in [1.165, 1.54) is 5.56 Å². The summed E-state index contributed by atoms with van der Waals surface area (Å²) in [6, 6.07) is 8.05. The number of hydrogen-bond donors (Lipinski definition) is 0. The maximum absolute atomic E-state index is 12.9. The van der Waals surface area contributed by atoms with Gasteiger partial charge in [-0.15, -0.1) is 0 Å². The summed E-state index contributed by atoms with van der Waals surface area (Å²) >= 11 is 0. The lowest BCUT2D eigenvalue weighted by Gasteiger charge is -2.38. The molecule has 2 aliphatic heterocycles. The third-order valence-electron chi connectivity index (χ3n) is 6.19. The van der Waals surface area contributed by atoms with E-state index in [0.29, 0.717) is 51.0 Å². The molecule has 0 radical (unpaired) electrons. The van der Waals surface area contributed by atoms with Crippen molar-refractivity contribution in [1.82, 2.24) is 24.8 Å². The van der Waals surface area contributed by atoms with Gasteiger partial charge in [-0.2, -0.15) is 4.98 Å². The summed E-state index contributed by atoms with van der Waals surface area (Å²) < 4.78 is 10.5. The Bertz CT molecular complexity index is 913. The van der Waals surface area contributed by atoms with Crippen LogP contribution >= 0.6 is 0 Å². The molecule has 0 spiro atoms. The van der Waals surface area contributed by atoms with Crippen LogP contribution in [0, 0.1) is 12.8 Å². The third-order valence-corrected chi connectivity index (χ3v) is 6.19. The van der Waals surface area contributed by atoms with Crippen molar-refractivity contribution >= 4 is 12.0 Å². The minimum atomic E-state index is -0.292. The molecule has 2 amide bonds. The largest absolute Gasteiger partial charge is 0.450 e. The van der Waals surface area contributed by atoms with Gasteiger partial charge in [0.2, 0.25) is 17.6 Å². The van der Waals surface area contributed by atoms with Crippen LogP contribution in [-0.2, 0) is 16.1 Å². The highest BCUT2D eigenvalue weighted by atomic mass is 16.6. The smallest absolute Gasteiger partial charge is 0.409 e. The molecule has 32 heavy (non-hydrogen) atoms. The average Bonchev–Trinajstić information content (AvgIpc) is 3.28. The van der Waals surface area contributed by atoms with Gasteiger partial charge in [-0.3, -0.25) is 9.69 Å². The molecule has 0 bridgehead atoms. The van der Waals surface area contributed by atoms with E-state index in [2.05, 4.69) is 15.0 Å². The molecule has 2 aliphatic rings. The van der Waals surface area contributed by atoms with Gasteiger partial charge in [-0.05, 0) is 39.8 Å². The molecule has 1 aromatic heterocycles. The topological polar surface area (TPSA) is 92.0 Å². The summed E-state index contributed by atoms with van der Waals surface area (Å²) in [6.45, 7) is 8.65. The van der Waals surface area contributed by atoms with Crippen LogP contribution in [-0.4, -0.2) is 82.7 Å². The number of rotatable bonds is 5. The van der Waals surface area contributed by atoms with Crippen molar-refractivity contribution in [2.45, 2.75) is 33.2 Å². The van der Waals surface area contributed by atoms with Gasteiger partial charge in [0.15, 0.2) is 0 Å². The maximum Gasteiger partial charge on any atom is 0.409 e. The van der Waals surface area contributed by atoms with Gasteiger partial charge < -0.3 is 19.1 Å². The number of aryl methyl sites for hydroxylation is 1. The van der Waals surface area contributed by atoms with Gasteiger partial charge in [0.05, 0.1) is 13.2 Å². The molecule has 9 heteroatoms. The lowest BCUT2D eigenvalue weighted by atomic mass is 9.95. The van der Waals surface area contributed by atoms with E-state index in [1.54, 1.807) is 11.8 Å². The number of nitrogens with zero attached hydrogens (tertiary/aromatic N) is 5. The van der Waals surface area contributed by atoms with E-state index in [0.717, 1.165) is 31.5 Å².